The fourth-order valence-corrected chi connectivity index (χ4v) is 3.99. The molecule has 0 saturated carbocycles. The van der Waals surface area contributed by atoms with Crippen LogP contribution in [0.15, 0.2) is 42.5 Å². The third-order valence-corrected chi connectivity index (χ3v) is 5.67. The summed E-state index contributed by atoms with van der Waals surface area (Å²) in [6.45, 7) is 2.56. The Morgan fingerprint density at radius 1 is 1.13 bits per heavy atom. The summed E-state index contributed by atoms with van der Waals surface area (Å²) in [5.74, 6) is -1.05. The van der Waals surface area contributed by atoms with Crippen LogP contribution >= 0.6 is 0 Å². The summed E-state index contributed by atoms with van der Waals surface area (Å²) in [5, 5.41) is 6.28. The number of benzene rings is 2. The highest BCUT2D eigenvalue weighted by Crippen LogP contribution is 2.32. The van der Waals surface area contributed by atoms with Gasteiger partial charge in [0.25, 0.3) is 0 Å². The maximum absolute atomic E-state index is 13.9. The second-order valence-electron chi connectivity index (χ2n) is 7.78. The standard InChI is InChI=1S/C23H23F2N3O2/c1-13-10-11-26-23(30)21(13)28-20(29)9-7-17-18-12-16(25)6-8-19(18)27-22(17)14-2-4-15(24)5-3-14/h2-6,8,12-13,21,27H,7,9-11H2,1H3,(H,26,30)(H,28,29). The fraction of sp³-hybridized carbons (Fsp3) is 0.304. The van der Waals surface area contributed by atoms with Crippen LogP contribution in [0.4, 0.5) is 8.78 Å². The van der Waals surface area contributed by atoms with Crippen LogP contribution < -0.4 is 10.6 Å². The van der Waals surface area contributed by atoms with E-state index >= 15 is 0 Å². The van der Waals surface area contributed by atoms with Gasteiger partial charge in [-0.05, 0) is 72.4 Å². The van der Waals surface area contributed by atoms with Crippen molar-refractivity contribution in [1.29, 1.82) is 0 Å². The summed E-state index contributed by atoms with van der Waals surface area (Å²) in [4.78, 5) is 27.9. The molecule has 0 bridgehead atoms. The summed E-state index contributed by atoms with van der Waals surface area (Å²) in [6.07, 6.45) is 1.31. The van der Waals surface area contributed by atoms with Crippen LogP contribution in [0.5, 0.6) is 0 Å². The van der Waals surface area contributed by atoms with Crippen molar-refractivity contribution in [1.82, 2.24) is 15.6 Å². The molecule has 1 saturated heterocycles. The average molecular weight is 411 g/mol. The maximum atomic E-state index is 13.9. The van der Waals surface area contributed by atoms with E-state index < -0.39 is 6.04 Å². The molecule has 2 unspecified atom stereocenters. The fourth-order valence-electron chi connectivity index (χ4n) is 3.99. The molecule has 5 nitrogen and oxygen atoms in total. The molecule has 1 aliphatic rings. The lowest BCUT2D eigenvalue weighted by Crippen LogP contribution is -2.54. The lowest BCUT2D eigenvalue weighted by Gasteiger charge is -2.29. The largest absolute Gasteiger partial charge is 0.354 e. The number of amides is 2. The quantitative estimate of drug-likeness (QED) is 0.599. The summed E-state index contributed by atoms with van der Waals surface area (Å²) < 4.78 is 27.2. The van der Waals surface area contributed by atoms with Gasteiger partial charge in [-0.3, -0.25) is 9.59 Å². The third kappa shape index (κ3) is 4.06. The van der Waals surface area contributed by atoms with Crippen molar-refractivity contribution >= 4 is 22.7 Å². The van der Waals surface area contributed by atoms with Gasteiger partial charge in [-0.25, -0.2) is 8.78 Å². The summed E-state index contributed by atoms with van der Waals surface area (Å²) >= 11 is 0. The molecule has 1 aromatic heterocycles. The smallest absolute Gasteiger partial charge is 0.242 e. The van der Waals surface area contributed by atoms with Crippen LogP contribution in [-0.4, -0.2) is 29.4 Å². The van der Waals surface area contributed by atoms with Gasteiger partial charge in [0.1, 0.15) is 17.7 Å². The van der Waals surface area contributed by atoms with E-state index in [1.165, 1.54) is 24.3 Å². The first-order valence-electron chi connectivity index (χ1n) is 10.1. The van der Waals surface area contributed by atoms with Crippen molar-refractivity contribution in [2.24, 2.45) is 5.92 Å². The molecular weight excluding hydrogens is 388 g/mol. The lowest BCUT2D eigenvalue weighted by molar-refractivity contribution is -0.131. The van der Waals surface area contributed by atoms with E-state index in [4.69, 9.17) is 0 Å². The van der Waals surface area contributed by atoms with E-state index in [-0.39, 0.29) is 35.8 Å². The number of fused-ring (bicyclic) bond motifs is 1. The van der Waals surface area contributed by atoms with Crippen LogP contribution in [0.3, 0.4) is 0 Å². The summed E-state index contributed by atoms with van der Waals surface area (Å²) in [7, 11) is 0. The zero-order valence-electron chi connectivity index (χ0n) is 16.6. The zero-order valence-corrected chi connectivity index (χ0v) is 16.6. The molecule has 1 fully saturated rings. The zero-order chi connectivity index (χ0) is 21.3. The Morgan fingerprint density at radius 2 is 1.87 bits per heavy atom. The number of carbonyl (C=O) groups excluding carboxylic acids is 2. The van der Waals surface area contributed by atoms with Crippen LogP contribution in [0, 0.1) is 17.6 Å². The molecule has 0 radical (unpaired) electrons. The Labute approximate surface area is 172 Å². The van der Waals surface area contributed by atoms with Crippen molar-refractivity contribution in [3.05, 3.63) is 59.7 Å². The lowest BCUT2D eigenvalue weighted by atomic mass is 9.93. The third-order valence-electron chi connectivity index (χ3n) is 5.67. The molecule has 4 rings (SSSR count). The Bertz CT molecular complexity index is 1090. The molecule has 2 heterocycles. The number of halogens is 2. The highest BCUT2D eigenvalue weighted by atomic mass is 19.1. The topological polar surface area (TPSA) is 74.0 Å². The number of carbonyl (C=O) groups is 2. The van der Waals surface area contributed by atoms with Crippen molar-refractivity contribution in [3.8, 4) is 11.3 Å². The van der Waals surface area contributed by atoms with Crippen LogP contribution in [0.25, 0.3) is 22.2 Å². The van der Waals surface area contributed by atoms with E-state index in [1.807, 2.05) is 6.92 Å². The number of nitrogens with one attached hydrogen (secondary N) is 3. The molecular formula is C23H23F2N3O2. The van der Waals surface area contributed by atoms with Crippen molar-refractivity contribution < 1.29 is 18.4 Å². The number of aromatic nitrogens is 1. The molecule has 156 valence electrons. The second-order valence-corrected chi connectivity index (χ2v) is 7.78. The molecule has 0 spiro atoms. The molecule has 0 aliphatic carbocycles. The number of rotatable bonds is 5. The number of piperidine rings is 1. The summed E-state index contributed by atoms with van der Waals surface area (Å²) in [5.41, 5.74) is 3.01. The van der Waals surface area contributed by atoms with E-state index in [2.05, 4.69) is 15.6 Å². The van der Waals surface area contributed by atoms with Gasteiger partial charge in [-0.2, -0.15) is 0 Å². The Hall–Kier alpha value is -3.22. The molecule has 7 heteroatoms. The minimum atomic E-state index is -0.539. The van der Waals surface area contributed by atoms with Crippen LogP contribution in [0.2, 0.25) is 0 Å². The van der Waals surface area contributed by atoms with Gasteiger partial charge in [-0.15, -0.1) is 0 Å². The maximum Gasteiger partial charge on any atom is 0.242 e. The molecule has 2 amide bonds. The molecule has 2 aromatic carbocycles. The van der Waals surface area contributed by atoms with Gasteiger partial charge in [0, 0.05) is 29.6 Å². The number of aromatic amines is 1. The van der Waals surface area contributed by atoms with Gasteiger partial charge < -0.3 is 15.6 Å². The Morgan fingerprint density at radius 3 is 2.60 bits per heavy atom. The van der Waals surface area contributed by atoms with Crippen molar-refractivity contribution in [2.75, 3.05) is 6.54 Å². The first-order chi connectivity index (χ1) is 14.4. The van der Waals surface area contributed by atoms with Gasteiger partial charge >= 0.3 is 0 Å². The molecule has 30 heavy (non-hydrogen) atoms. The minimum Gasteiger partial charge on any atom is -0.354 e. The van der Waals surface area contributed by atoms with E-state index in [9.17, 15) is 18.4 Å². The molecule has 2 atom stereocenters. The molecule has 3 aromatic rings. The van der Waals surface area contributed by atoms with Gasteiger partial charge in [0.15, 0.2) is 0 Å². The number of hydrogen-bond acceptors (Lipinski definition) is 2. The first kappa shape index (κ1) is 20.1. The summed E-state index contributed by atoms with van der Waals surface area (Å²) in [6, 6.07) is 9.93. The van der Waals surface area contributed by atoms with Gasteiger partial charge in [0.05, 0.1) is 0 Å². The number of hydrogen-bond donors (Lipinski definition) is 3. The first-order valence-corrected chi connectivity index (χ1v) is 10.1. The van der Waals surface area contributed by atoms with Crippen molar-refractivity contribution in [2.45, 2.75) is 32.2 Å². The monoisotopic (exact) mass is 411 g/mol. The van der Waals surface area contributed by atoms with Crippen molar-refractivity contribution in [3.63, 3.8) is 0 Å². The minimum absolute atomic E-state index is 0.0691. The number of H-pyrrole nitrogens is 1. The van der Waals surface area contributed by atoms with E-state index in [0.29, 0.717) is 18.4 Å². The Kier molecular flexibility index (Phi) is 5.53. The van der Waals surface area contributed by atoms with E-state index in [1.54, 1.807) is 18.2 Å². The van der Waals surface area contributed by atoms with Crippen LogP contribution in [-0.2, 0) is 16.0 Å². The Balaban J connectivity index is 1.58. The normalized spacial score (nSPS) is 19.0. The highest BCUT2D eigenvalue weighted by Gasteiger charge is 2.30. The molecule has 1 aliphatic heterocycles. The predicted octanol–water partition coefficient (Wildman–Crippen LogP) is 3.69. The predicted molar refractivity (Wildman–Crippen MR) is 111 cm³/mol. The molecule has 3 N–H and O–H groups in total. The van der Waals surface area contributed by atoms with E-state index in [0.717, 1.165) is 28.8 Å². The average Bonchev–Trinajstić information content (AvgIpc) is 3.07. The van der Waals surface area contributed by atoms with Gasteiger partial charge in [-0.1, -0.05) is 6.92 Å². The SMILES string of the molecule is CC1CCNC(=O)C1NC(=O)CCc1c(-c2ccc(F)cc2)[nH]c2ccc(F)cc12. The van der Waals surface area contributed by atoms with Crippen LogP contribution in [0.1, 0.15) is 25.3 Å². The number of aryl methyl sites for hydroxylation is 1. The second kappa shape index (κ2) is 8.26. The highest BCUT2D eigenvalue weighted by molar-refractivity contribution is 5.92. The van der Waals surface area contributed by atoms with Gasteiger partial charge in [0.2, 0.25) is 11.8 Å².